The van der Waals surface area contributed by atoms with Gasteiger partial charge < -0.3 is 15.2 Å². The first-order valence-electron chi connectivity index (χ1n) is 6.04. The van der Waals surface area contributed by atoms with Crippen molar-refractivity contribution in [3.63, 3.8) is 0 Å². The molecule has 0 aliphatic rings. The van der Waals surface area contributed by atoms with Gasteiger partial charge in [-0.15, -0.1) is 0 Å². The molecular weight excluding hydrogens is 333 g/mol. The van der Waals surface area contributed by atoms with Crippen LogP contribution < -0.4 is 45.1 Å². The van der Waals surface area contributed by atoms with Crippen molar-refractivity contribution in [3.05, 3.63) is 47.8 Å². The maximum atomic E-state index is 11.5. The zero-order valence-corrected chi connectivity index (χ0v) is 15.3. The van der Waals surface area contributed by atoms with Gasteiger partial charge in [0.2, 0.25) is 0 Å². The number of aromatic nitrogens is 1. The number of carboxylic acid groups (broad SMARTS) is 1. The molecule has 2 aromatic rings. The fourth-order valence-corrected chi connectivity index (χ4v) is 2.66. The van der Waals surface area contributed by atoms with Crippen molar-refractivity contribution in [1.82, 2.24) is 9.29 Å². The molecule has 0 radical (unpaired) electrons. The number of rotatable bonds is 4. The molecule has 0 fully saturated rings. The maximum absolute atomic E-state index is 11.5. The van der Waals surface area contributed by atoms with Crippen LogP contribution in [0.1, 0.15) is 20.8 Å². The number of hydrogen-bond donors (Lipinski definition) is 2. The summed E-state index contributed by atoms with van der Waals surface area (Å²) in [6, 6.07) is 7.27. The normalized spacial score (nSPS) is 10.7. The molecule has 2 rings (SSSR count). The van der Waals surface area contributed by atoms with Crippen LogP contribution >= 0.6 is 0 Å². The van der Waals surface area contributed by atoms with E-state index >= 15 is 0 Å². The quantitative estimate of drug-likeness (QED) is 0.544. The molecule has 8 nitrogen and oxygen atoms in total. The molecule has 0 atom stereocenters. The standard InChI is InChI=1S/C13H13N3O5S.Na/c1-15-12(17)9-4-2-8(3-5-9)10-6-7-16(22(14,20)21)11(10)13(18)19;/h2-7H,1H3,(H,15,17)(H,18,19)(H2,14,20,21);/q;+1/p-1. The third-order valence-electron chi connectivity index (χ3n) is 3.00. The fourth-order valence-electron chi connectivity index (χ4n) is 2.00. The minimum Gasteiger partial charge on any atom is -0.543 e. The summed E-state index contributed by atoms with van der Waals surface area (Å²) < 4.78 is 23.2. The third-order valence-corrected chi connectivity index (χ3v) is 3.86. The molecule has 116 valence electrons. The van der Waals surface area contributed by atoms with E-state index in [1.54, 1.807) is 0 Å². The number of aromatic carboxylic acids is 1. The van der Waals surface area contributed by atoms with Crippen LogP contribution in [0.5, 0.6) is 0 Å². The van der Waals surface area contributed by atoms with Gasteiger partial charge in [0.15, 0.2) is 0 Å². The molecule has 0 saturated heterocycles. The summed E-state index contributed by atoms with van der Waals surface area (Å²) in [4.78, 5) is 22.7. The van der Waals surface area contributed by atoms with Crippen LogP contribution in [0.25, 0.3) is 11.1 Å². The molecule has 0 saturated carbocycles. The number of nitrogens with one attached hydrogen (secondary N) is 1. The van der Waals surface area contributed by atoms with Gasteiger partial charge in [-0.2, -0.15) is 8.42 Å². The number of carboxylic acids is 1. The van der Waals surface area contributed by atoms with Gasteiger partial charge in [0.1, 0.15) is 0 Å². The number of nitrogens with zero attached hydrogens (tertiary/aromatic N) is 1. The molecule has 1 amide bonds. The van der Waals surface area contributed by atoms with Gasteiger partial charge in [0, 0.05) is 24.4 Å². The summed E-state index contributed by atoms with van der Waals surface area (Å²) in [6.45, 7) is 0. The number of amides is 1. The average Bonchev–Trinajstić information content (AvgIpc) is 2.91. The molecule has 1 aromatic carbocycles. The second kappa shape index (κ2) is 7.28. The molecular formula is C13H12N3NaO5S. The van der Waals surface area contributed by atoms with Gasteiger partial charge in [0.05, 0.1) is 11.7 Å². The smallest absolute Gasteiger partial charge is 0.543 e. The number of nitrogens with two attached hydrogens (primary N) is 1. The SMILES string of the molecule is CNC(=O)c1ccc(-c2ccn(S(N)(=O)=O)c2C(=O)[O-])cc1.[Na+]. The van der Waals surface area contributed by atoms with Crippen molar-refractivity contribution in [3.8, 4) is 11.1 Å². The van der Waals surface area contributed by atoms with Crippen LogP contribution in [0.3, 0.4) is 0 Å². The van der Waals surface area contributed by atoms with Crippen LogP contribution in [-0.4, -0.2) is 31.3 Å². The zero-order valence-electron chi connectivity index (χ0n) is 12.4. The van der Waals surface area contributed by atoms with E-state index in [4.69, 9.17) is 5.14 Å². The summed E-state index contributed by atoms with van der Waals surface area (Å²) in [6.07, 6.45) is 1.03. The number of carbonyl (C=O) groups excluding carboxylic acids is 2. The number of benzene rings is 1. The summed E-state index contributed by atoms with van der Waals surface area (Å²) in [5, 5.41) is 18.6. The van der Waals surface area contributed by atoms with Gasteiger partial charge in [-0.25, -0.2) is 9.11 Å². The Hall–Kier alpha value is -1.65. The van der Waals surface area contributed by atoms with Crippen molar-refractivity contribution >= 4 is 22.1 Å². The molecule has 23 heavy (non-hydrogen) atoms. The molecule has 0 aliphatic heterocycles. The van der Waals surface area contributed by atoms with Crippen LogP contribution in [0.4, 0.5) is 0 Å². The fraction of sp³-hybridized carbons (Fsp3) is 0.0769. The van der Waals surface area contributed by atoms with Gasteiger partial charge in [-0.1, -0.05) is 12.1 Å². The van der Waals surface area contributed by atoms with Crippen molar-refractivity contribution in [2.75, 3.05) is 7.05 Å². The van der Waals surface area contributed by atoms with Crippen LogP contribution in [0.2, 0.25) is 0 Å². The van der Waals surface area contributed by atoms with Crippen molar-refractivity contribution in [2.45, 2.75) is 0 Å². The monoisotopic (exact) mass is 345 g/mol. The maximum Gasteiger partial charge on any atom is 1.00 e. The Morgan fingerprint density at radius 3 is 2.17 bits per heavy atom. The van der Waals surface area contributed by atoms with Crippen LogP contribution in [-0.2, 0) is 10.2 Å². The van der Waals surface area contributed by atoms with Gasteiger partial charge in [-0.3, -0.25) is 4.79 Å². The Morgan fingerprint density at radius 1 is 1.17 bits per heavy atom. The van der Waals surface area contributed by atoms with E-state index in [1.165, 1.54) is 37.4 Å². The molecule has 3 N–H and O–H groups in total. The van der Waals surface area contributed by atoms with E-state index < -0.39 is 21.9 Å². The van der Waals surface area contributed by atoms with E-state index in [1.807, 2.05) is 0 Å². The van der Waals surface area contributed by atoms with Crippen LogP contribution in [0.15, 0.2) is 36.5 Å². The largest absolute Gasteiger partial charge is 1.00 e. The number of hydrogen-bond acceptors (Lipinski definition) is 5. The Kier molecular flexibility index (Phi) is 6.14. The Morgan fingerprint density at radius 2 is 1.74 bits per heavy atom. The molecule has 0 unspecified atom stereocenters. The second-order valence-electron chi connectivity index (χ2n) is 4.36. The Bertz CT molecular complexity index is 843. The first-order chi connectivity index (χ1) is 10.3. The predicted molar refractivity (Wildman–Crippen MR) is 76.1 cm³/mol. The van der Waals surface area contributed by atoms with Crippen molar-refractivity contribution in [2.24, 2.45) is 5.14 Å². The molecule has 1 heterocycles. The van der Waals surface area contributed by atoms with Crippen LogP contribution in [0, 0.1) is 0 Å². The number of carbonyl (C=O) groups is 2. The molecule has 0 aliphatic carbocycles. The van der Waals surface area contributed by atoms with Crippen molar-refractivity contribution in [1.29, 1.82) is 0 Å². The van der Waals surface area contributed by atoms with E-state index in [0.29, 0.717) is 15.1 Å². The first-order valence-corrected chi connectivity index (χ1v) is 7.54. The minimum atomic E-state index is -4.26. The summed E-state index contributed by atoms with van der Waals surface area (Å²) in [7, 11) is -2.78. The van der Waals surface area contributed by atoms with E-state index in [9.17, 15) is 23.1 Å². The Labute approximate surface area is 154 Å². The van der Waals surface area contributed by atoms with Gasteiger partial charge in [-0.05, 0) is 23.8 Å². The van der Waals surface area contributed by atoms with Gasteiger partial charge >= 0.3 is 39.8 Å². The summed E-state index contributed by atoms with van der Waals surface area (Å²) in [5.41, 5.74) is 0.342. The minimum absolute atomic E-state index is 0. The van der Waals surface area contributed by atoms with E-state index in [-0.39, 0.29) is 41.0 Å². The second-order valence-corrected chi connectivity index (χ2v) is 5.79. The van der Waals surface area contributed by atoms with Gasteiger partial charge in [0.25, 0.3) is 5.91 Å². The Balaban J connectivity index is 0.00000264. The molecule has 1 aromatic heterocycles. The van der Waals surface area contributed by atoms with Crippen molar-refractivity contribution < 1.29 is 52.7 Å². The summed E-state index contributed by atoms with van der Waals surface area (Å²) in [5.74, 6) is -1.97. The molecule has 0 spiro atoms. The summed E-state index contributed by atoms with van der Waals surface area (Å²) >= 11 is 0. The van der Waals surface area contributed by atoms with E-state index in [2.05, 4.69) is 5.32 Å². The zero-order chi connectivity index (χ0) is 16.5. The first kappa shape index (κ1) is 19.4. The van der Waals surface area contributed by atoms with E-state index in [0.717, 1.165) is 6.20 Å². The topological polar surface area (TPSA) is 134 Å². The molecule has 0 bridgehead atoms. The predicted octanol–water partition coefficient (Wildman–Crippen LogP) is -4.07. The average molecular weight is 345 g/mol. The molecule has 10 heteroatoms. The third kappa shape index (κ3) is 4.01.